The lowest BCUT2D eigenvalue weighted by Crippen LogP contribution is -2.35. The number of carbonyl (C=O) groups is 1. The Morgan fingerprint density at radius 1 is 1.59 bits per heavy atom. The van der Waals surface area contributed by atoms with Gasteiger partial charge in [-0.3, -0.25) is 4.79 Å². The van der Waals surface area contributed by atoms with Crippen molar-refractivity contribution in [2.45, 2.75) is 32.4 Å². The third kappa shape index (κ3) is 2.66. The minimum absolute atomic E-state index is 0.0717. The topological polar surface area (TPSA) is 91.0 Å². The number of nitrogens with zero attached hydrogens (tertiary/aromatic N) is 2. The molecular weight excluding hydrogens is 280 g/mol. The first-order valence-electron chi connectivity index (χ1n) is 7.10. The molecule has 2 atom stereocenters. The Labute approximate surface area is 128 Å². The number of hydrogen-bond donors (Lipinski definition) is 2. The molecule has 1 aromatic heterocycles. The van der Waals surface area contributed by atoms with Crippen LogP contribution in [-0.2, 0) is 4.79 Å². The number of amides is 1. The first kappa shape index (κ1) is 14.1. The predicted molar refractivity (Wildman–Crippen MR) is 79.2 cm³/mol. The lowest BCUT2D eigenvalue weighted by Gasteiger charge is -2.17. The number of aromatic nitrogens is 1. The molecule has 6 heteroatoms. The molecule has 2 aliphatic rings. The number of aryl methyl sites for hydroxylation is 1. The highest BCUT2D eigenvalue weighted by Gasteiger charge is 2.27. The minimum atomic E-state index is -0.239. The number of carbonyl (C=O) groups excluding carboxylic acids is 1. The van der Waals surface area contributed by atoms with Crippen LogP contribution in [0.2, 0.25) is 0 Å². The van der Waals surface area contributed by atoms with E-state index in [1.807, 2.05) is 19.1 Å². The van der Waals surface area contributed by atoms with Gasteiger partial charge in [0.1, 0.15) is 17.7 Å². The molecule has 6 nitrogen and oxygen atoms in total. The number of rotatable bonds is 3. The van der Waals surface area contributed by atoms with Gasteiger partial charge in [0.25, 0.3) is 5.91 Å². The first-order valence-corrected chi connectivity index (χ1v) is 7.10. The summed E-state index contributed by atoms with van der Waals surface area (Å²) in [5.74, 6) is 0.377. The number of hydrogen-bond acceptors (Lipinski definition) is 5. The SMILES string of the molecule is Cc1nc(C(C)NC(=O)C2=CC3=CC(C#N)=CCC3N2)co1. The van der Waals surface area contributed by atoms with Crippen molar-refractivity contribution in [2.75, 3.05) is 0 Å². The third-order valence-electron chi connectivity index (χ3n) is 3.74. The summed E-state index contributed by atoms with van der Waals surface area (Å²) < 4.78 is 5.15. The highest BCUT2D eigenvalue weighted by Crippen LogP contribution is 2.25. The van der Waals surface area contributed by atoms with Crippen molar-refractivity contribution in [1.82, 2.24) is 15.6 Å². The monoisotopic (exact) mass is 296 g/mol. The summed E-state index contributed by atoms with van der Waals surface area (Å²) in [5, 5.41) is 15.0. The van der Waals surface area contributed by atoms with Gasteiger partial charge in [-0.15, -0.1) is 0 Å². The fourth-order valence-corrected chi connectivity index (χ4v) is 2.54. The van der Waals surface area contributed by atoms with Crippen LogP contribution < -0.4 is 10.6 Å². The number of fused-ring (bicyclic) bond motifs is 1. The van der Waals surface area contributed by atoms with E-state index in [2.05, 4.69) is 21.7 Å². The predicted octanol–water partition coefficient (Wildman–Crippen LogP) is 1.80. The van der Waals surface area contributed by atoms with Crippen LogP contribution in [0.1, 0.15) is 31.0 Å². The number of nitriles is 1. The Morgan fingerprint density at radius 3 is 3.09 bits per heavy atom. The lowest BCUT2D eigenvalue weighted by molar-refractivity contribution is -0.118. The fourth-order valence-electron chi connectivity index (χ4n) is 2.54. The molecule has 0 saturated heterocycles. The van der Waals surface area contributed by atoms with Gasteiger partial charge in [0.15, 0.2) is 5.89 Å². The van der Waals surface area contributed by atoms with Crippen molar-refractivity contribution in [3.63, 3.8) is 0 Å². The summed E-state index contributed by atoms with van der Waals surface area (Å²) in [6, 6.07) is 1.96. The van der Waals surface area contributed by atoms with E-state index in [0.717, 1.165) is 5.57 Å². The van der Waals surface area contributed by atoms with E-state index < -0.39 is 0 Å². The van der Waals surface area contributed by atoms with Crippen LogP contribution in [0.3, 0.4) is 0 Å². The molecule has 0 radical (unpaired) electrons. The molecule has 0 aromatic carbocycles. The molecule has 0 spiro atoms. The largest absolute Gasteiger partial charge is 0.449 e. The highest BCUT2D eigenvalue weighted by molar-refractivity contribution is 5.94. The van der Waals surface area contributed by atoms with Crippen molar-refractivity contribution in [1.29, 1.82) is 5.26 Å². The zero-order valence-electron chi connectivity index (χ0n) is 12.4. The molecule has 0 saturated carbocycles. The van der Waals surface area contributed by atoms with Gasteiger partial charge in [-0.05, 0) is 31.1 Å². The molecule has 1 aromatic rings. The van der Waals surface area contributed by atoms with Gasteiger partial charge in [-0.2, -0.15) is 5.26 Å². The summed E-state index contributed by atoms with van der Waals surface area (Å²) >= 11 is 0. The normalized spacial score (nSPS) is 20.8. The molecule has 112 valence electrons. The summed E-state index contributed by atoms with van der Waals surface area (Å²) in [5.41, 5.74) is 2.80. The van der Waals surface area contributed by atoms with Crippen LogP contribution in [-0.4, -0.2) is 16.9 Å². The average Bonchev–Trinajstić information content (AvgIpc) is 3.12. The number of allylic oxidation sites excluding steroid dienone is 2. The van der Waals surface area contributed by atoms with E-state index >= 15 is 0 Å². The summed E-state index contributed by atoms with van der Waals surface area (Å²) in [4.78, 5) is 16.5. The highest BCUT2D eigenvalue weighted by atomic mass is 16.3. The summed E-state index contributed by atoms with van der Waals surface area (Å²) in [6.07, 6.45) is 7.73. The van der Waals surface area contributed by atoms with Crippen molar-refractivity contribution in [3.05, 3.63) is 52.9 Å². The molecule has 0 bridgehead atoms. The molecular formula is C16H16N4O2. The van der Waals surface area contributed by atoms with Gasteiger partial charge >= 0.3 is 0 Å². The van der Waals surface area contributed by atoms with Gasteiger partial charge < -0.3 is 15.1 Å². The Balaban J connectivity index is 1.69. The maximum absolute atomic E-state index is 12.3. The van der Waals surface area contributed by atoms with Gasteiger partial charge in [-0.1, -0.05) is 6.08 Å². The zero-order valence-corrected chi connectivity index (χ0v) is 12.4. The maximum atomic E-state index is 12.3. The number of nitrogens with one attached hydrogen (secondary N) is 2. The van der Waals surface area contributed by atoms with Gasteiger partial charge in [0.2, 0.25) is 0 Å². The molecule has 22 heavy (non-hydrogen) atoms. The van der Waals surface area contributed by atoms with Crippen LogP contribution in [0.4, 0.5) is 0 Å². The maximum Gasteiger partial charge on any atom is 0.267 e. The van der Waals surface area contributed by atoms with Crippen molar-refractivity contribution in [3.8, 4) is 6.07 Å². The Kier molecular flexibility index (Phi) is 3.55. The van der Waals surface area contributed by atoms with E-state index in [1.165, 1.54) is 0 Å². The summed E-state index contributed by atoms with van der Waals surface area (Å²) in [6.45, 7) is 3.61. The molecule has 2 heterocycles. The van der Waals surface area contributed by atoms with E-state index in [-0.39, 0.29) is 18.0 Å². The van der Waals surface area contributed by atoms with Crippen LogP contribution in [0.5, 0.6) is 0 Å². The molecule has 2 N–H and O–H groups in total. The standard InChI is InChI=1S/C16H16N4O2/c1-9(15-8-22-10(2)19-15)18-16(21)14-6-12-5-11(7-17)3-4-13(12)20-14/h3,5-6,8-9,13,20H,4H2,1-2H3,(H,18,21). The third-order valence-corrected chi connectivity index (χ3v) is 3.74. The molecule has 1 aliphatic heterocycles. The van der Waals surface area contributed by atoms with Crippen LogP contribution in [0, 0.1) is 18.3 Å². The van der Waals surface area contributed by atoms with E-state index in [0.29, 0.717) is 29.3 Å². The van der Waals surface area contributed by atoms with Gasteiger partial charge in [0, 0.05) is 12.5 Å². The van der Waals surface area contributed by atoms with Crippen molar-refractivity contribution in [2.24, 2.45) is 0 Å². The van der Waals surface area contributed by atoms with E-state index in [1.54, 1.807) is 19.3 Å². The molecule has 3 rings (SSSR count). The average molecular weight is 296 g/mol. The van der Waals surface area contributed by atoms with Gasteiger partial charge in [-0.25, -0.2) is 4.98 Å². The zero-order chi connectivity index (χ0) is 15.7. The van der Waals surface area contributed by atoms with Crippen molar-refractivity contribution < 1.29 is 9.21 Å². The second-order valence-electron chi connectivity index (χ2n) is 5.39. The number of oxazole rings is 1. The lowest BCUT2D eigenvalue weighted by atomic mass is 9.97. The fraction of sp³-hybridized carbons (Fsp3) is 0.312. The molecule has 0 fully saturated rings. The van der Waals surface area contributed by atoms with Crippen molar-refractivity contribution >= 4 is 5.91 Å². The Bertz CT molecular complexity index is 748. The minimum Gasteiger partial charge on any atom is -0.449 e. The molecule has 1 amide bonds. The van der Waals surface area contributed by atoms with Gasteiger partial charge in [0.05, 0.1) is 18.2 Å². The van der Waals surface area contributed by atoms with Crippen LogP contribution >= 0.6 is 0 Å². The second-order valence-corrected chi connectivity index (χ2v) is 5.39. The smallest absolute Gasteiger partial charge is 0.267 e. The summed E-state index contributed by atoms with van der Waals surface area (Å²) in [7, 11) is 0. The Hall–Kier alpha value is -2.81. The van der Waals surface area contributed by atoms with Crippen LogP contribution in [0.25, 0.3) is 0 Å². The second kappa shape index (κ2) is 5.53. The molecule has 2 unspecified atom stereocenters. The quantitative estimate of drug-likeness (QED) is 0.887. The van der Waals surface area contributed by atoms with E-state index in [9.17, 15) is 4.79 Å². The van der Waals surface area contributed by atoms with Crippen LogP contribution in [0.15, 0.2) is 45.8 Å². The first-order chi connectivity index (χ1) is 10.6. The Morgan fingerprint density at radius 2 is 2.41 bits per heavy atom. The molecule has 1 aliphatic carbocycles. The van der Waals surface area contributed by atoms with E-state index in [4.69, 9.17) is 9.68 Å².